The van der Waals surface area contributed by atoms with Crippen molar-refractivity contribution < 1.29 is 14.2 Å². The fraction of sp³-hybridized carbons (Fsp3) is 1.00. The summed E-state index contributed by atoms with van der Waals surface area (Å²) in [6.45, 7) is 2.43. The minimum absolute atomic E-state index is 0.204. The quantitative estimate of drug-likeness (QED) is 0.655. The van der Waals surface area contributed by atoms with Gasteiger partial charge in [0, 0.05) is 26.6 Å². The molecule has 0 atom stereocenters. The van der Waals surface area contributed by atoms with Crippen LogP contribution < -0.4 is 0 Å². The SMILES string of the molecule is COCC1CCC2(CC1)OCCO2. The summed E-state index contributed by atoms with van der Waals surface area (Å²) in [6.07, 6.45) is 4.43. The van der Waals surface area contributed by atoms with E-state index in [1.165, 1.54) is 12.8 Å². The molecule has 13 heavy (non-hydrogen) atoms. The van der Waals surface area contributed by atoms with E-state index >= 15 is 0 Å². The first-order valence-corrected chi connectivity index (χ1v) is 5.11. The van der Waals surface area contributed by atoms with Crippen molar-refractivity contribution in [1.29, 1.82) is 0 Å². The van der Waals surface area contributed by atoms with Gasteiger partial charge in [-0.1, -0.05) is 0 Å². The standard InChI is InChI=1S/C10H18O3/c1-11-8-9-2-4-10(5-3-9)12-6-7-13-10/h9H,2-8H2,1H3. The minimum Gasteiger partial charge on any atom is -0.384 e. The average Bonchev–Trinajstić information content (AvgIpc) is 2.59. The van der Waals surface area contributed by atoms with Crippen LogP contribution in [0.4, 0.5) is 0 Å². The topological polar surface area (TPSA) is 27.7 Å². The third-order valence-electron chi connectivity index (χ3n) is 3.08. The molecule has 1 heterocycles. The Labute approximate surface area is 79.4 Å². The Morgan fingerprint density at radius 2 is 1.85 bits per heavy atom. The molecule has 1 saturated carbocycles. The van der Waals surface area contributed by atoms with Gasteiger partial charge in [0.15, 0.2) is 5.79 Å². The predicted octanol–water partition coefficient (Wildman–Crippen LogP) is 1.57. The monoisotopic (exact) mass is 186 g/mol. The number of hydrogen-bond donors (Lipinski definition) is 0. The minimum atomic E-state index is -0.204. The van der Waals surface area contributed by atoms with Crippen molar-refractivity contribution in [3.05, 3.63) is 0 Å². The van der Waals surface area contributed by atoms with Crippen molar-refractivity contribution in [2.45, 2.75) is 31.5 Å². The van der Waals surface area contributed by atoms with Crippen LogP contribution in [0.1, 0.15) is 25.7 Å². The second-order valence-corrected chi connectivity index (χ2v) is 4.01. The van der Waals surface area contributed by atoms with E-state index in [4.69, 9.17) is 14.2 Å². The summed E-state index contributed by atoms with van der Waals surface area (Å²) in [5.74, 6) is 0.507. The molecule has 0 bridgehead atoms. The largest absolute Gasteiger partial charge is 0.384 e. The fourth-order valence-electron chi connectivity index (χ4n) is 2.31. The first-order valence-electron chi connectivity index (χ1n) is 5.11. The zero-order valence-corrected chi connectivity index (χ0v) is 8.25. The van der Waals surface area contributed by atoms with E-state index in [2.05, 4.69) is 0 Å². The van der Waals surface area contributed by atoms with Crippen LogP contribution in [0.3, 0.4) is 0 Å². The molecule has 3 nitrogen and oxygen atoms in total. The lowest BCUT2D eigenvalue weighted by molar-refractivity contribution is -0.184. The summed E-state index contributed by atoms with van der Waals surface area (Å²) >= 11 is 0. The maximum Gasteiger partial charge on any atom is 0.168 e. The molecule has 0 aromatic rings. The second-order valence-electron chi connectivity index (χ2n) is 4.01. The fourth-order valence-corrected chi connectivity index (χ4v) is 2.31. The molecule has 0 aromatic heterocycles. The molecule has 2 fully saturated rings. The van der Waals surface area contributed by atoms with Crippen molar-refractivity contribution in [2.24, 2.45) is 5.92 Å². The van der Waals surface area contributed by atoms with Gasteiger partial charge in [-0.25, -0.2) is 0 Å². The molecule has 0 amide bonds. The molecule has 0 N–H and O–H groups in total. The molecule has 0 unspecified atom stereocenters. The molecule has 1 saturated heterocycles. The Hall–Kier alpha value is -0.120. The zero-order chi connectivity index (χ0) is 9.15. The van der Waals surface area contributed by atoms with Crippen molar-refractivity contribution >= 4 is 0 Å². The number of methoxy groups -OCH3 is 1. The van der Waals surface area contributed by atoms with Crippen LogP contribution in [-0.2, 0) is 14.2 Å². The van der Waals surface area contributed by atoms with Crippen LogP contribution in [0.5, 0.6) is 0 Å². The first-order chi connectivity index (χ1) is 6.35. The van der Waals surface area contributed by atoms with E-state index in [9.17, 15) is 0 Å². The van der Waals surface area contributed by atoms with Crippen LogP contribution in [0.2, 0.25) is 0 Å². The van der Waals surface area contributed by atoms with E-state index in [0.29, 0.717) is 5.92 Å². The third-order valence-corrected chi connectivity index (χ3v) is 3.08. The summed E-state index contributed by atoms with van der Waals surface area (Å²) < 4.78 is 16.4. The van der Waals surface area contributed by atoms with E-state index in [1.54, 1.807) is 7.11 Å². The Morgan fingerprint density at radius 3 is 2.38 bits per heavy atom. The number of rotatable bonds is 2. The average molecular weight is 186 g/mol. The molecule has 1 spiro atoms. The lowest BCUT2D eigenvalue weighted by Crippen LogP contribution is -2.36. The highest BCUT2D eigenvalue weighted by Crippen LogP contribution is 2.38. The molecule has 0 aromatic carbocycles. The van der Waals surface area contributed by atoms with Gasteiger partial charge >= 0.3 is 0 Å². The van der Waals surface area contributed by atoms with Gasteiger partial charge in [-0.05, 0) is 18.8 Å². The molecular formula is C10H18O3. The van der Waals surface area contributed by atoms with Crippen LogP contribution in [0.15, 0.2) is 0 Å². The van der Waals surface area contributed by atoms with Gasteiger partial charge in [0.2, 0.25) is 0 Å². The summed E-state index contributed by atoms with van der Waals surface area (Å²) in [7, 11) is 1.77. The smallest absolute Gasteiger partial charge is 0.168 e. The summed E-state index contributed by atoms with van der Waals surface area (Å²) in [5.41, 5.74) is 0. The Morgan fingerprint density at radius 1 is 1.23 bits per heavy atom. The lowest BCUT2D eigenvalue weighted by Gasteiger charge is -2.35. The molecule has 3 heteroatoms. The van der Waals surface area contributed by atoms with Crippen molar-refractivity contribution in [3.63, 3.8) is 0 Å². The lowest BCUT2D eigenvalue weighted by atomic mass is 9.85. The van der Waals surface area contributed by atoms with Gasteiger partial charge in [-0.15, -0.1) is 0 Å². The molecule has 1 aliphatic carbocycles. The highest BCUT2D eigenvalue weighted by atomic mass is 16.7. The summed E-state index contributed by atoms with van der Waals surface area (Å²) in [6, 6.07) is 0. The molecule has 76 valence electrons. The highest BCUT2D eigenvalue weighted by Gasteiger charge is 2.40. The maximum atomic E-state index is 5.64. The third kappa shape index (κ3) is 2.03. The molecule has 0 radical (unpaired) electrons. The van der Waals surface area contributed by atoms with Crippen LogP contribution >= 0.6 is 0 Å². The first kappa shape index (κ1) is 9.44. The van der Waals surface area contributed by atoms with Gasteiger partial charge in [0.25, 0.3) is 0 Å². The van der Waals surface area contributed by atoms with Crippen molar-refractivity contribution in [3.8, 4) is 0 Å². The van der Waals surface area contributed by atoms with Gasteiger partial charge in [0.05, 0.1) is 13.2 Å². The van der Waals surface area contributed by atoms with Crippen LogP contribution in [0.25, 0.3) is 0 Å². The van der Waals surface area contributed by atoms with Gasteiger partial charge in [-0.2, -0.15) is 0 Å². The molecule has 1 aliphatic heterocycles. The maximum absolute atomic E-state index is 5.64. The Kier molecular flexibility index (Phi) is 2.86. The van der Waals surface area contributed by atoms with Gasteiger partial charge < -0.3 is 14.2 Å². The van der Waals surface area contributed by atoms with Crippen molar-refractivity contribution in [1.82, 2.24) is 0 Å². The second kappa shape index (κ2) is 3.95. The normalized spacial score (nSPS) is 28.4. The van der Waals surface area contributed by atoms with Gasteiger partial charge in [-0.3, -0.25) is 0 Å². The van der Waals surface area contributed by atoms with Crippen LogP contribution in [0, 0.1) is 5.92 Å². The van der Waals surface area contributed by atoms with E-state index in [0.717, 1.165) is 32.7 Å². The van der Waals surface area contributed by atoms with E-state index in [-0.39, 0.29) is 5.79 Å². The van der Waals surface area contributed by atoms with Crippen LogP contribution in [-0.4, -0.2) is 32.7 Å². The van der Waals surface area contributed by atoms with Gasteiger partial charge in [0.1, 0.15) is 0 Å². The van der Waals surface area contributed by atoms with Crippen molar-refractivity contribution in [2.75, 3.05) is 26.9 Å². The number of hydrogen-bond acceptors (Lipinski definition) is 3. The highest BCUT2D eigenvalue weighted by molar-refractivity contribution is 4.82. The Bertz CT molecular complexity index is 154. The zero-order valence-electron chi connectivity index (χ0n) is 8.25. The Balaban J connectivity index is 1.81. The number of ether oxygens (including phenoxy) is 3. The predicted molar refractivity (Wildman–Crippen MR) is 48.5 cm³/mol. The van der Waals surface area contributed by atoms with E-state index < -0.39 is 0 Å². The molecule has 2 rings (SSSR count). The molecule has 2 aliphatic rings. The summed E-state index contributed by atoms with van der Waals surface area (Å²) in [5, 5.41) is 0. The summed E-state index contributed by atoms with van der Waals surface area (Å²) in [4.78, 5) is 0. The molecular weight excluding hydrogens is 168 g/mol. The van der Waals surface area contributed by atoms with E-state index in [1.807, 2.05) is 0 Å².